The van der Waals surface area contributed by atoms with Crippen LogP contribution >= 0.6 is 22.9 Å². The highest BCUT2D eigenvalue weighted by Crippen LogP contribution is 2.34. The van der Waals surface area contributed by atoms with E-state index < -0.39 is 23.3 Å². The number of halogens is 4. The Kier molecular flexibility index (Phi) is 6.75. The number of hydrogen-bond acceptors (Lipinski definition) is 5. The van der Waals surface area contributed by atoms with E-state index in [-0.39, 0.29) is 17.3 Å². The Morgan fingerprint density at radius 2 is 1.97 bits per heavy atom. The lowest BCUT2D eigenvalue weighted by atomic mass is 10.2. The minimum absolute atomic E-state index is 0.114. The van der Waals surface area contributed by atoms with Gasteiger partial charge in [0.1, 0.15) is 0 Å². The van der Waals surface area contributed by atoms with Gasteiger partial charge in [-0.05, 0) is 36.8 Å². The summed E-state index contributed by atoms with van der Waals surface area (Å²) in [6, 6.07) is 9.56. The molecule has 0 atom stereocenters. The maximum Gasteiger partial charge on any atom is 0.434 e. The van der Waals surface area contributed by atoms with Gasteiger partial charge in [0.25, 0.3) is 5.91 Å². The molecule has 4 aromatic rings. The third-order valence-electron chi connectivity index (χ3n) is 4.72. The molecule has 3 heterocycles. The monoisotopic (exact) mass is 491 g/mol. The van der Waals surface area contributed by atoms with E-state index >= 15 is 0 Å². The highest BCUT2D eigenvalue weighted by Gasteiger charge is 2.40. The molecule has 0 unspecified atom stereocenters. The third-order valence-corrected chi connectivity index (χ3v) is 5.86. The SMILES string of the molecule is O=C(NCCCc1nc(-c2ccncc2)cs1)c1cnn(-c2cccc(Cl)c2)c1C(F)(F)F. The molecule has 170 valence electrons. The normalized spacial score (nSPS) is 11.5. The second kappa shape index (κ2) is 9.72. The van der Waals surface area contributed by atoms with Gasteiger partial charge in [-0.1, -0.05) is 17.7 Å². The Bertz CT molecular complexity index is 1260. The Morgan fingerprint density at radius 1 is 1.18 bits per heavy atom. The van der Waals surface area contributed by atoms with Crippen molar-refractivity contribution in [2.45, 2.75) is 19.0 Å². The predicted molar refractivity (Wildman–Crippen MR) is 120 cm³/mol. The molecule has 0 saturated heterocycles. The van der Waals surface area contributed by atoms with Crippen molar-refractivity contribution < 1.29 is 18.0 Å². The zero-order valence-electron chi connectivity index (χ0n) is 17.0. The molecule has 0 fully saturated rings. The summed E-state index contributed by atoms with van der Waals surface area (Å²) in [6.45, 7) is 0.197. The number of hydrogen-bond donors (Lipinski definition) is 1. The molecule has 0 aliphatic rings. The van der Waals surface area contributed by atoms with Gasteiger partial charge in [-0.15, -0.1) is 11.3 Å². The van der Waals surface area contributed by atoms with E-state index in [1.165, 1.54) is 35.6 Å². The Morgan fingerprint density at radius 3 is 2.70 bits per heavy atom. The number of carbonyl (C=O) groups is 1. The molecule has 1 N–H and O–H groups in total. The molecule has 11 heteroatoms. The van der Waals surface area contributed by atoms with Crippen LogP contribution in [0.5, 0.6) is 0 Å². The fraction of sp³-hybridized carbons (Fsp3) is 0.182. The number of carbonyl (C=O) groups excluding carboxylic acids is 1. The molecule has 0 radical (unpaired) electrons. The quantitative estimate of drug-likeness (QED) is 0.350. The molecule has 0 aliphatic carbocycles. The van der Waals surface area contributed by atoms with Gasteiger partial charge in [-0.2, -0.15) is 18.3 Å². The summed E-state index contributed by atoms with van der Waals surface area (Å²) in [5.41, 5.74) is 0.213. The molecule has 1 aromatic carbocycles. The third kappa shape index (κ3) is 5.40. The molecular weight excluding hydrogens is 475 g/mol. The molecule has 4 rings (SSSR count). The molecule has 33 heavy (non-hydrogen) atoms. The molecular formula is C22H17ClF3N5OS. The second-order valence-electron chi connectivity index (χ2n) is 7.02. The zero-order chi connectivity index (χ0) is 23.4. The smallest absolute Gasteiger partial charge is 0.352 e. The fourth-order valence-corrected chi connectivity index (χ4v) is 4.24. The van der Waals surface area contributed by atoms with Crippen molar-refractivity contribution in [3.05, 3.63) is 81.7 Å². The molecule has 6 nitrogen and oxygen atoms in total. The van der Waals surface area contributed by atoms with Crippen LogP contribution in [-0.4, -0.2) is 32.2 Å². The van der Waals surface area contributed by atoms with Crippen molar-refractivity contribution in [1.29, 1.82) is 0 Å². The minimum atomic E-state index is -4.78. The lowest BCUT2D eigenvalue weighted by Gasteiger charge is -2.13. The summed E-state index contributed by atoms with van der Waals surface area (Å²) in [7, 11) is 0. The van der Waals surface area contributed by atoms with E-state index in [0.29, 0.717) is 17.5 Å². The fourth-order valence-electron chi connectivity index (χ4n) is 3.21. The van der Waals surface area contributed by atoms with Crippen LogP contribution in [0.25, 0.3) is 16.9 Å². The van der Waals surface area contributed by atoms with Gasteiger partial charge in [0.15, 0.2) is 5.69 Å². The first kappa shape index (κ1) is 22.9. The summed E-state index contributed by atoms with van der Waals surface area (Å²) < 4.78 is 41.9. The number of benzene rings is 1. The number of aryl methyl sites for hydroxylation is 1. The second-order valence-corrected chi connectivity index (χ2v) is 8.40. The number of pyridine rings is 1. The van der Waals surface area contributed by atoms with Crippen LogP contribution in [0, 0.1) is 0 Å². The largest absolute Gasteiger partial charge is 0.434 e. The zero-order valence-corrected chi connectivity index (χ0v) is 18.6. The maximum absolute atomic E-state index is 13.8. The van der Waals surface area contributed by atoms with Gasteiger partial charge in [-0.3, -0.25) is 9.78 Å². The number of nitrogens with zero attached hydrogens (tertiary/aromatic N) is 4. The van der Waals surface area contributed by atoms with Crippen LogP contribution in [0.3, 0.4) is 0 Å². The lowest BCUT2D eigenvalue weighted by Crippen LogP contribution is -2.27. The number of amides is 1. The van der Waals surface area contributed by atoms with Crippen molar-refractivity contribution in [3.8, 4) is 16.9 Å². The van der Waals surface area contributed by atoms with E-state index in [0.717, 1.165) is 22.5 Å². The van der Waals surface area contributed by atoms with Crippen molar-refractivity contribution in [1.82, 2.24) is 25.1 Å². The van der Waals surface area contributed by atoms with Gasteiger partial charge in [0.05, 0.1) is 28.1 Å². The highest BCUT2D eigenvalue weighted by molar-refractivity contribution is 7.09. The molecule has 3 aromatic heterocycles. The maximum atomic E-state index is 13.8. The average Bonchev–Trinajstić information content (AvgIpc) is 3.45. The van der Waals surface area contributed by atoms with E-state index in [9.17, 15) is 18.0 Å². The molecule has 0 spiro atoms. The summed E-state index contributed by atoms with van der Waals surface area (Å²) >= 11 is 7.38. The van der Waals surface area contributed by atoms with Crippen molar-refractivity contribution in [2.75, 3.05) is 6.54 Å². The van der Waals surface area contributed by atoms with Crippen LogP contribution in [0.4, 0.5) is 13.2 Å². The van der Waals surface area contributed by atoms with Gasteiger partial charge >= 0.3 is 6.18 Å². The van der Waals surface area contributed by atoms with E-state index in [2.05, 4.69) is 20.4 Å². The van der Waals surface area contributed by atoms with Crippen LogP contribution in [-0.2, 0) is 12.6 Å². The van der Waals surface area contributed by atoms with Gasteiger partial charge in [0.2, 0.25) is 0 Å². The van der Waals surface area contributed by atoms with Crippen LogP contribution in [0.1, 0.15) is 27.5 Å². The highest BCUT2D eigenvalue weighted by atomic mass is 35.5. The molecule has 1 amide bonds. The van der Waals surface area contributed by atoms with E-state index in [1.54, 1.807) is 12.4 Å². The number of thiazole rings is 1. The number of alkyl halides is 3. The first-order valence-electron chi connectivity index (χ1n) is 9.87. The molecule has 0 aliphatic heterocycles. The summed E-state index contributed by atoms with van der Waals surface area (Å²) in [5.74, 6) is -0.841. The standard InChI is InChI=1S/C22H17ClF3N5OS/c23-15-3-1-4-16(11-15)31-20(22(24,25)26)17(12-29-31)21(32)28-8-2-5-19-30-18(13-33-19)14-6-9-27-10-7-14/h1,3-4,6-7,9-13H,2,5,8H2,(H,28,32). The summed E-state index contributed by atoms with van der Waals surface area (Å²) in [5, 5.41) is 9.40. The topological polar surface area (TPSA) is 72.7 Å². The first-order chi connectivity index (χ1) is 15.8. The predicted octanol–water partition coefficient (Wildman–Crippen LogP) is 5.43. The van der Waals surface area contributed by atoms with E-state index in [4.69, 9.17) is 11.6 Å². The molecule has 0 bridgehead atoms. The number of nitrogens with one attached hydrogen (secondary N) is 1. The van der Waals surface area contributed by atoms with Crippen molar-refractivity contribution in [3.63, 3.8) is 0 Å². The Balaban J connectivity index is 1.40. The number of rotatable bonds is 7. The summed E-state index contributed by atoms with van der Waals surface area (Å²) in [4.78, 5) is 21.0. The van der Waals surface area contributed by atoms with E-state index in [1.807, 2.05) is 17.5 Å². The van der Waals surface area contributed by atoms with Crippen molar-refractivity contribution >= 4 is 28.8 Å². The number of aromatic nitrogens is 4. The van der Waals surface area contributed by atoms with Crippen molar-refractivity contribution in [2.24, 2.45) is 0 Å². The summed E-state index contributed by atoms with van der Waals surface area (Å²) in [6.07, 6.45) is 0.626. The van der Waals surface area contributed by atoms with Gasteiger partial charge in [0, 0.05) is 41.3 Å². The Labute approximate surface area is 196 Å². The average molecular weight is 492 g/mol. The van der Waals surface area contributed by atoms with Gasteiger partial charge < -0.3 is 5.32 Å². The van der Waals surface area contributed by atoms with Crippen LogP contribution < -0.4 is 5.32 Å². The minimum Gasteiger partial charge on any atom is -0.352 e. The first-order valence-corrected chi connectivity index (χ1v) is 11.1. The van der Waals surface area contributed by atoms with Crippen LogP contribution in [0.15, 0.2) is 60.4 Å². The molecule has 0 saturated carbocycles. The van der Waals surface area contributed by atoms with Gasteiger partial charge in [-0.25, -0.2) is 9.67 Å². The Hall–Kier alpha value is -3.24. The lowest BCUT2D eigenvalue weighted by molar-refractivity contribution is -0.143. The van der Waals surface area contributed by atoms with Crippen LogP contribution in [0.2, 0.25) is 5.02 Å².